The first kappa shape index (κ1) is 14.7. The summed E-state index contributed by atoms with van der Waals surface area (Å²) in [4.78, 5) is 22.7. The van der Waals surface area contributed by atoms with E-state index in [1.54, 1.807) is 0 Å². The SMILES string of the molecule is O=C(O)N1CC2CN(c3ncc(OCC(F)F)cn3)CC2C1. The van der Waals surface area contributed by atoms with Crippen LogP contribution in [0.5, 0.6) is 5.75 Å². The van der Waals surface area contributed by atoms with Gasteiger partial charge in [0.2, 0.25) is 5.95 Å². The van der Waals surface area contributed by atoms with Gasteiger partial charge in [0.25, 0.3) is 6.43 Å². The molecule has 22 heavy (non-hydrogen) atoms. The van der Waals surface area contributed by atoms with Gasteiger partial charge in [0.05, 0.1) is 12.4 Å². The molecule has 7 nitrogen and oxygen atoms in total. The van der Waals surface area contributed by atoms with Crippen LogP contribution in [0.2, 0.25) is 0 Å². The number of rotatable bonds is 4. The van der Waals surface area contributed by atoms with Gasteiger partial charge >= 0.3 is 6.09 Å². The zero-order valence-electron chi connectivity index (χ0n) is 11.7. The fourth-order valence-electron chi connectivity index (χ4n) is 3.02. The molecule has 2 fully saturated rings. The van der Waals surface area contributed by atoms with Crippen molar-refractivity contribution in [3.63, 3.8) is 0 Å². The van der Waals surface area contributed by atoms with Gasteiger partial charge in [-0.05, 0) is 0 Å². The van der Waals surface area contributed by atoms with Gasteiger partial charge in [-0.15, -0.1) is 0 Å². The van der Waals surface area contributed by atoms with Crippen LogP contribution in [0, 0.1) is 11.8 Å². The molecular weight excluding hydrogens is 298 g/mol. The highest BCUT2D eigenvalue weighted by atomic mass is 19.3. The van der Waals surface area contributed by atoms with Gasteiger partial charge in [-0.2, -0.15) is 0 Å². The highest BCUT2D eigenvalue weighted by Gasteiger charge is 2.42. The topological polar surface area (TPSA) is 78.8 Å². The van der Waals surface area contributed by atoms with Crippen LogP contribution in [0.15, 0.2) is 12.4 Å². The van der Waals surface area contributed by atoms with E-state index in [1.807, 2.05) is 4.90 Å². The number of alkyl halides is 2. The molecule has 1 N–H and O–H groups in total. The molecule has 0 radical (unpaired) electrons. The molecule has 120 valence electrons. The zero-order chi connectivity index (χ0) is 15.7. The van der Waals surface area contributed by atoms with Crippen molar-refractivity contribution in [2.45, 2.75) is 6.43 Å². The molecule has 0 aliphatic carbocycles. The predicted octanol–water partition coefficient (Wildman–Crippen LogP) is 1.17. The van der Waals surface area contributed by atoms with Crippen molar-refractivity contribution in [2.75, 3.05) is 37.7 Å². The van der Waals surface area contributed by atoms with Gasteiger partial charge in [0.1, 0.15) is 6.61 Å². The summed E-state index contributed by atoms with van der Waals surface area (Å²) in [6.07, 6.45) is -0.655. The Morgan fingerprint density at radius 2 is 1.86 bits per heavy atom. The number of aromatic nitrogens is 2. The third kappa shape index (κ3) is 3.02. The lowest BCUT2D eigenvalue weighted by atomic mass is 10.0. The zero-order valence-corrected chi connectivity index (χ0v) is 11.7. The number of ether oxygens (including phenoxy) is 1. The van der Waals surface area contributed by atoms with E-state index in [1.165, 1.54) is 17.3 Å². The Hall–Kier alpha value is -2.19. The largest absolute Gasteiger partial charge is 0.484 e. The lowest BCUT2D eigenvalue weighted by Crippen LogP contribution is -2.32. The Labute approximate surface area is 125 Å². The van der Waals surface area contributed by atoms with E-state index in [9.17, 15) is 13.6 Å². The highest BCUT2D eigenvalue weighted by molar-refractivity contribution is 5.65. The maximum Gasteiger partial charge on any atom is 0.407 e. The maximum atomic E-state index is 12.0. The predicted molar refractivity (Wildman–Crippen MR) is 72.3 cm³/mol. The Morgan fingerprint density at radius 3 is 2.36 bits per heavy atom. The molecule has 3 rings (SSSR count). The van der Waals surface area contributed by atoms with Crippen LogP contribution in [0.3, 0.4) is 0 Å². The highest BCUT2D eigenvalue weighted by Crippen LogP contribution is 2.32. The third-order valence-corrected chi connectivity index (χ3v) is 4.03. The second-order valence-corrected chi connectivity index (χ2v) is 5.53. The average molecular weight is 314 g/mol. The molecular formula is C13H16F2N4O3. The van der Waals surface area contributed by atoms with Crippen molar-refractivity contribution in [3.05, 3.63) is 12.4 Å². The number of hydrogen-bond acceptors (Lipinski definition) is 5. The number of hydrogen-bond donors (Lipinski definition) is 1. The summed E-state index contributed by atoms with van der Waals surface area (Å²) in [7, 11) is 0. The Morgan fingerprint density at radius 1 is 1.27 bits per heavy atom. The molecule has 2 aliphatic rings. The fraction of sp³-hybridized carbons (Fsp3) is 0.615. The van der Waals surface area contributed by atoms with Gasteiger partial charge < -0.3 is 19.6 Å². The summed E-state index contributed by atoms with van der Waals surface area (Å²) in [5.74, 6) is 1.30. The summed E-state index contributed by atoms with van der Waals surface area (Å²) < 4.78 is 28.9. The number of fused-ring (bicyclic) bond motifs is 1. The minimum Gasteiger partial charge on any atom is -0.484 e. The lowest BCUT2D eigenvalue weighted by Gasteiger charge is -2.20. The van der Waals surface area contributed by atoms with E-state index in [4.69, 9.17) is 9.84 Å². The quantitative estimate of drug-likeness (QED) is 0.899. The summed E-state index contributed by atoms with van der Waals surface area (Å²) in [6.45, 7) is 1.79. The second kappa shape index (κ2) is 5.90. The number of halogens is 2. The number of nitrogens with zero attached hydrogens (tertiary/aromatic N) is 4. The summed E-state index contributed by atoms with van der Waals surface area (Å²) >= 11 is 0. The molecule has 2 unspecified atom stereocenters. The molecule has 0 aromatic carbocycles. The minimum absolute atomic E-state index is 0.209. The first-order chi connectivity index (χ1) is 10.5. The van der Waals surface area contributed by atoms with Crippen LogP contribution in [0.4, 0.5) is 19.5 Å². The molecule has 1 aromatic heterocycles. The van der Waals surface area contributed by atoms with E-state index in [0.717, 1.165) is 0 Å². The van der Waals surface area contributed by atoms with E-state index in [0.29, 0.717) is 32.1 Å². The molecule has 3 heterocycles. The van der Waals surface area contributed by atoms with Gasteiger partial charge in [-0.1, -0.05) is 0 Å². The van der Waals surface area contributed by atoms with Gasteiger partial charge in [-0.25, -0.2) is 23.5 Å². The Balaban J connectivity index is 1.57. The standard InChI is InChI=1S/C13H16F2N4O3/c14-11(15)7-22-10-1-16-12(17-2-10)18-3-8-5-19(13(20)21)6-9(8)4-18/h1-2,8-9,11H,3-7H2,(H,20,21). The van der Waals surface area contributed by atoms with Crippen LogP contribution in [-0.2, 0) is 0 Å². The third-order valence-electron chi connectivity index (χ3n) is 4.03. The minimum atomic E-state index is -2.53. The Bertz CT molecular complexity index is 529. The normalized spacial score (nSPS) is 24.0. The fourth-order valence-corrected chi connectivity index (χ4v) is 3.02. The van der Waals surface area contributed by atoms with E-state index >= 15 is 0 Å². The number of anilines is 1. The smallest absolute Gasteiger partial charge is 0.407 e. The molecule has 2 saturated heterocycles. The van der Waals surface area contributed by atoms with Gasteiger partial charge in [0.15, 0.2) is 5.75 Å². The van der Waals surface area contributed by atoms with Crippen LogP contribution in [-0.4, -0.2) is 65.3 Å². The summed E-state index contributed by atoms with van der Waals surface area (Å²) in [5, 5.41) is 8.99. The van der Waals surface area contributed by atoms with Crippen molar-refractivity contribution in [1.29, 1.82) is 0 Å². The number of amides is 1. The first-order valence-corrected chi connectivity index (χ1v) is 6.98. The first-order valence-electron chi connectivity index (χ1n) is 6.98. The molecule has 0 spiro atoms. The molecule has 0 bridgehead atoms. The van der Waals surface area contributed by atoms with Crippen molar-refractivity contribution in [1.82, 2.24) is 14.9 Å². The lowest BCUT2D eigenvalue weighted by molar-refractivity contribution is 0.0815. The monoisotopic (exact) mass is 314 g/mol. The van der Waals surface area contributed by atoms with Gasteiger partial charge in [-0.3, -0.25) is 0 Å². The molecule has 1 amide bonds. The average Bonchev–Trinajstić information content (AvgIpc) is 3.04. The molecule has 0 saturated carbocycles. The van der Waals surface area contributed by atoms with Crippen molar-refractivity contribution in [3.8, 4) is 5.75 Å². The Kier molecular flexibility index (Phi) is 3.95. The van der Waals surface area contributed by atoms with Crippen LogP contribution >= 0.6 is 0 Å². The van der Waals surface area contributed by atoms with Crippen molar-refractivity contribution >= 4 is 12.0 Å². The molecule has 9 heteroatoms. The van der Waals surface area contributed by atoms with Crippen LogP contribution < -0.4 is 9.64 Å². The van der Waals surface area contributed by atoms with Gasteiger partial charge in [0, 0.05) is 38.0 Å². The van der Waals surface area contributed by atoms with Crippen molar-refractivity contribution in [2.24, 2.45) is 11.8 Å². The van der Waals surface area contributed by atoms with Crippen LogP contribution in [0.25, 0.3) is 0 Å². The number of carbonyl (C=O) groups is 1. The van der Waals surface area contributed by atoms with E-state index in [2.05, 4.69) is 9.97 Å². The van der Waals surface area contributed by atoms with E-state index < -0.39 is 19.1 Å². The summed E-state index contributed by atoms with van der Waals surface area (Å²) in [6, 6.07) is 0. The van der Waals surface area contributed by atoms with E-state index in [-0.39, 0.29) is 17.6 Å². The molecule has 2 atom stereocenters. The molecule has 2 aliphatic heterocycles. The number of likely N-dealkylation sites (tertiary alicyclic amines) is 1. The van der Waals surface area contributed by atoms with Crippen molar-refractivity contribution < 1.29 is 23.4 Å². The van der Waals surface area contributed by atoms with Crippen LogP contribution in [0.1, 0.15) is 0 Å². The summed E-state index contributed by atoms with van der Waals surface area (Å²) in [5.41, 5.74) is 0. The second-order valence-electron chi connectivity index (χ2n) is 5.53. The molecule has 1 aromatic rings. The number of carboxylic acid groups (broad SMARTS) is 1. The maximum absolute atomic E-state index is 12.0.